The number of aliphatic imine (C=N–C) groups is 1. The SMILES string of the molecule is CC1(C)CC2CC(C)(CN2C=NC2=C(C#N)C(c3ccccc3)c3ccc4ccccc4c3O2)C1. The average Bonchev–Trinajstić information content (AvgIpc) is 3.09. The third-order valence-electron chi connectivity index (χ3n) is 7.97. The highest BCUT2D eigenvalue weighted by Crippen LogP contribution is 2.52. The number of rotatable bonds is 3. The lowest BCUT2D eigenvalue weighted by Gasteiger charge is -2.39. The van der Waals surface area contributed by atoms with Crippen LogP contribution in [0.5, 0.6) is 5.75 Å². The zero-order valence-corrected chi connectivity index (χ0v) is 20.7. The number of hydrogen-bond acceptors (Lipinski definition) is 3. The molecule has 2 bridgehead atoms. The first-order chi connectivity index (χ1) is 16.9. The minimum absolute atomic E-state index is 0.212. The van der Waals surface area contributed by atoms with Gasteiger partial charge >= 0.3 is 0 Å². The van der Waals surface area contributed by atoms with Crippen molar-refractivity contribution in [3.8, 4) is 11.8 Å². The van der Waals surface area contributed by atoms with Crippen LogP contribution in [-0.2, 0) is 0 Å². The molecule has 6 rings (SSSR count). The number of fused-ring (bicyclic) bond motifs is 5. The van der Waals surface area contributed by atoms with Crippen LogP contribution < -0.4 is 4.74 Å². The van der Waals surface area contributed by atoms with E-state index in [4.69, 9.17) is 9.73 Å². The van der Waals surface area contributed by atoms with Crippen molar-refractivity contribution < 1.29 is 4.74 Å². The fraction of sp³-hybridized carbons (Fsp3) is 0.355. The van der Waals surface area contributed by atoms with Crippen molar-refractivity contribution in [1.29, 1.82) is 5.26 Å². The maximum absolute atomic E-state index is 10.3. The second kappa shape index (κ2) is 7.99. The molecule has 0 aromatic heterocycles. The molecule has 1 aliphatic carbocycles. The minimum atomic E-state index is -0.212. The molecule has 1 saturated heterocycles. The van der Waals surface area contributed by atoms with Gasteiger partial charge in [0.25, 0.3) is 0 Å². The van der Waals surface area contributed by atoms with E-state index in [1.165, 1.54) is 19.3 Å². The Labute approximate surface area is 207 Å². The van der Waals surface area contributed by atoms with Gasteiger partial charge in [-0.15, -0.1) is 0 Å². The largest absolute Gasteiger partial charge is 0.437 e. The molecular formula is C31H31N3O. The molecule has 2 heterocycles. The molecule has 35 heavy (non-hydrogen) atoms. The molecule has 0 amide bonds. The number of benzene rings is 3. The lowest BCUT2D eigenvalue weighted by molar-refractivity contribution is 0.133. The number of hydrogen-bond donors (Lipinski definition) is 0. The summed E-state index contributed by atoms with van der Waals surface area (Å²) in [6.07, 6.45) is 5.55. The summed E-state index contributed by atoms with van der Waals surface area (Å²) < 4.78 is 6.47. The summed E-state index contributed by atoms with van der Waals surface area (Å²) in [5.74, 6) is 1.00. The van der Waals surface area contributed by atoms with E-state index in [2.05, 4.69) is 68.1 Å². The van der Waals surface area contributed by atoms with E-state index in [1.54, 1.807) is 0 Å². The van der Waals surface area contributed by atoms with E-state index in [0.717, 1.165) is 34.2 Å². The number of likely N-dealkylation sites (tertiary alicyclic amines) is 1. The Bertz CT molecular complexity index is 1400. The predicted molar refractivity (Wildman–Crippen MR) is 140 cm³/mol. The van der Waals surface area contributed by atoms with E-state index >= 15 is 0 Å². The molecule has 0 radical (unpaired) electrons. The van der Waals surface area contributed by atoms with Crippen LogP contribution >= 0.6 is 0 Å². The first-order valence-corrected chi connectivity index (χ1v) is 12.5. The van der Waals surface area contributed by atoms with Gasteiger partial charge < -0.3 is 9.64 Å². The molecule has 0 spiro atoms. The van der Waals surface area contributed by atoms with Crippen LogP contribution in [0.2, 0.25) is 0 Å². The Morgan fingerprint density at radius 2 is 1.77 bits per heavy atom. The molecule has 1 saturated carbocycles. The van der Waals surface area contributed by atoms with Crippen molar-refractivity contribution in [3.05, 3.63) is 89.3 Å². The topological polar surface area (TPSA) is 48.6 Å². The van der Waals surface area contributed by atoms with Gasteiger partial charge in [0, 0.05) is 23.5 Å². The van der Waals surface area contributed by atoms with Crippen molar-refractivity contribution in [2.75, 3.05) is 6.54 Å². The van der Waals surface area contributed by atoms with Crippen molar-refractivity contribution in [2.45, 2.75) is 52.0 Å². The molecule has 3 aromatic rings. The van der Waals surface area contributed by atoms with Crippen LogP contribution in [0.4, 0.5) is 0 Å². The summed E-state index contributed by atoms with van der Waals surface area (Å²) in [5.41, 5.74) is 3.30. The van der Waals surface area contributed by atoms with Gasteiger partial charge in [0.1, 0.15) is 17.4 Å². The molecule has 2 fully saturated rings. The third-order valence-corrected chi connectivity index (χ3v) is 7.97. The highest BCUT2D eigenvalue weighted by atomic mass is 16.5. The smallest absolute Gasteiger partial charge is 0.235 e. The van der Waals surface area contributed by atoms with Crippen LogP contribution in [0, 0.1) is 22.2 Å². The quantitative estimate of drug-likeness (QED) is 0.311. The lowest BCUT2D eigenvalue weighted by Crippen LogP contribution is -2.34. The molecule has 176 valence electrons. The third kappa shape index (κ3) is 3.80. The summed E-state index contributed by atoms with van der Waals surface area (Å²) >= 11 is 0. The fourth-order valence-corrected chi connectivity index (χ4v) is 7.00. The van der Waals surface area contributed by atoms with E-state index < -0.39 is 0 Å². The average molecular weight is 462 g/mol. The summed E-state index contributed by atoms with van der Waals surface area (Å²) in [6, 6.07) is 25.6. The van der Waals surface area contributed by atoms with E-state index in [-0.39, 0.29) is 5.92 Å². The molecular weight excluding hydrogens is 430 g/mol. The minimum Gasteiger partial charge on any atom is -0.437 e. The molecule has 4 nitrogen and oxygen atoms in total. The van der Waals surface area contributed by atoms with Crippen molar-refractivity contribution in [1.82, 2.24) is 4.90 Å². The molecule has 2 aliphatic heterocycles. The van der Waals surface area contributed by atoms with Crippen LogP contribution in [0.25, 0.3) is 10.8 Å². The molecule has 3 aromatic carbocycles. The highest BCUT2D eigenvalue weighted by Gasteiger charge is 2.49. The Balaban J connectivity index is 1.45. The van der Waals surface area contributed by atoms with E-state index in [9.17, 15) is 5.26 Å². The zero-order chi connectivity index (χ0) is 24.2. The predicted octanol–water partition coefficient (Wildman–Crippen LogP) is 7.03. The highest BCUT2D eigenvalue weighted by molar-refractivity contribution is 5.91. The van der Waals surface area contributed by atoms with Crippen LogP contribution in [0.1, 0.15) is 57.1 Å². The second-order valence-corrected chi connectivity index (χ2v) is 11.6. The zero-order valence-electron chi connectivity index (χ0n) is 20.7. The molecule has 4 heteroatoms. The van der Waals surface area contributed by atoms with E-state index in [0.29, 0.717) is 28.3 Å². The van der Waals surface area contributed by atoms with Gasteiger partial charge in [0.2, 0.25) is 5.88 Å². The van der Waals surface area contributed by atoms with Gasteiger partial charge in [-0.25, -0.2) is 4.99 Å². The standard InChI is InChI=1S/C31H31N3O/c1-30(2)15-23-16-31(3,18-30)19-34(23)20-33-29-26(17-32)27(22-10-5-4-6-11-22)25-14-13-21-9-7-8-12-24(21)28(25)35-29/h4-14,20,23,27H,15-16,18-19H2,1-3H3. The molecule has 3 unspecified atom stereocenters. The van der Waals surface area contributed by atoms with Gasteiger partial charge in [0.15, 0.2) is 0 Å². The Morgan fingerprint density at radius 1 is 1.00 bits per heavy atom. The van der Waals surface area contributed by atoms with Gasteiger partial charge in [-0.3, -0.25) is 0 Å². The summed E-state index contributed by atoms with van der Waals surface area (Å²) in [6.45, 7) is 8.16. The lowest BCUT2D eigenvalue weighted by atomic mass is 9.65. The number of ether oxygens (including phenoxy) is 1. The maximum atomic E-state index is 10.3. The fourth-order valence-electron chi connectivity index (χ4n) is 7.00. The Morgan fingerprint density at radius 3 is 2.57 bits per heavy atom. The van der Waals surface area contributed by atoms with Crippen LogP contribution in [0.3, 0.4) is 0 Å². The second-order valence-electron chi connectivity index (χ2n) is 11.6. The normalized spacial score (nSPS) is 27.1. The van der Waals surface area contributed by atoms with Crippen molar-refractivity contribution in [3.63, 3.8) is 0 Å². The molecule has 3 aliphatic rings. The van der Waals surface area contributed by atoms with Crippen molar-refractivity contribution >= 4 is 17.1 Å². The van der Waals surface area contributed by atoms with E-state index in [1.807, 2.05) is 36.7 Å². The molecule has 0 N–H and O–H groups in total. The van der Waals surface area contributed by atoms with Gasteiger partial charge in [-0.05, 0) is 41.0 Å². The first kappa shape index (κ1) is 21.9. The Kier molecular flexibility index (Phi) is 5.00. The Hall–Kier alpha value is -3.58. The number of allylic oxidation sites excluding steroid dienone is 1. The summed E-state index contributed by atoms with van der Waals surface area (Å²) in [5, 5.41) is 12.5. The first-order valence-electron chi connectivity index (χ1n) is 12.5. The number of nitrogens with zero attached hydrogens (tertiary/aromatic N) is 3. The molecule has 3 atom stereocenters. The van der Waals surface area contributed by atoms with Crippen LogP contribution in [0.15, 0.2) is 83.2 Å². The summed E-state index contributed by atoms with van der Waals surface area (Å²) in [4.78, 5) is 7.26. The maximum Gasteiger partial charge on any atom is 0.235 e. The van der Waals surface area contributed by atoms with Gasteiger partial charge in [-0.1, -0.05) is 87.5 Å². The van der Waals surface area contributed by atoms with Gasteiger partial charge in [-0.2, -0.15) is 5.26 Å². The number of nitriles is 1. The van der Waals surface area contributed by atoms with Crippen LogP contribution in [-0.4, -0.2) is 23.8 Å². The van der Waals surface area contributed by atoms with Gasteiger partial charge in [0.05, 0.1) is 12.3 Å². The summed E-state index contributed by atoms with van der Waals surface area (Å²) in [7, 11) is 0. The van der Waals surface area contributed by atoms with Crippen molar-refractivity contribution in [2.24, 2.45) is 15.8 Å². The monoisotopic (exact) mass is 461 g/mol.